The summed E-state index contributed by atoms with van der Waals surface area (Å²) in [6, 6.07) is 0. The normalized spacial score (nSPS) is 19.0. The molecule has 226 valence electrons. The Bertz CT molecular complexity index is 1290. The van der Waals surface area contributed by atoms with Gasteiger partial charge in [-0.1, -0.05) is 145 Å². The second kappa shape index (κ2) is 18.1. The first-order valence-electron chi connectivity index (χ1n) is 15.0. The van der Waals surface area contributed by atoms with Gasteiger partial charge in [0.15, 0.2) is 5.78 Å². The molecule has 1 rings (SSSR count). The molecule has 42 heavy (non-hydrogen) atoms. The molecule has 0 spiro atoms. The van der Waals surface area contributed by atoms with E-state index in [1.807, 2.05) is 39.0 Å². The van der Waals surface area contributed by atoms with Crippen LogP contribution in [0, 0.1) is 5.41 Å². The monoisotopic (exact) mass is 566 g/mol. The molecule has 0 fully saturated rings. The summed E-state index contributed by atoms with van der Waals surface area (Å²) >= 11 is 0. The summed E-state index contributed by atoms with van der Waals surface area (Å²) in [6.45, 7) is 20.4. The summed E-state index contributed by atoms with van der Waals surface area (Å²) in [5.74, 6) is 0.272. The molecule has 0 radical (unpaired) electrons. The molecule has 2 heteroatoms. The van der Waals surface area contributed by atoms with E-state index in [0.717, 1.165) is 28.7 Å². The largest absolute Gasteiger partial charge is 0.390 e. The van der Waals surface area contributed by atoms with Gasteiger partial charge in [-0.3, -0.25) is 4.79 Å². The Balaban J connectivity index is 2.63. The summed E-state index contributed by atoms with van der Waals surface area (Å²) in [4.78, 5) is 12.1. The lowest BCUT2D eigenvalue weighted by molar-refractivity contribution is -0.116. The third-order valence-corrected chi connectivity index (χ3v) is 7.02. The maximum Gasteiger partial charge on any atom is 0.158 e. The number of hydrogen-bond acceptors (Lipinski definition) is 2. The minimum Gasteiger partial charge on any atom is -0.390 e. The molecule has 0 aromatic carbocycles. The lowest BCUT2D eigenvalue weighted by atomic mass is 9.72. The fourth-order valence-electron chi connectivity index (χ4n) is 4.25. The van der Waals surface area contributed by atoms with Crippen LogP contribution in [0.1, 0.15) is 88.5 Å². The Morgan fingerprint density at radius 3 is 1.57 bits per heavy atom. The van der Waals surface area contributed by atoms with Crippen LogP contribution in [-0.4, -0.2) is 16.5 Å². The van der Waals surface area contributed by atoms with Crippen LogP contribution in [0.5, 0.6) is 0 Å². The topological polar surface area (TPSA) is 37.3 Å². The molecule has 1 N–H and O–H groups in total. The van der Waals surface area contributed by atoms with Gasteiger partial charge in [-0.15, -0.1) is 0 Å². The summed E-state index contributed by atoms with van der Waals surface area (Å²) in [5.41, 5.74) is 7.25. The van der Waals surface area contributed by atoms with Crippen molar-refractivity contribution >= 4 is 5.78 Å². The van der Waals surface area contributed by atoms with E-state index >= 15 is 0 Å². The van der Waals surface area contributed by atoms with Gasteiger partial charge in [0.05, 0.1) is 5.60 Å². The summed E-state index contributed by atoms with van der Waals surface area (Å²) in [5, 5.41) is 9.77. The van der Waals surface area contributed by atoms with Gasteiger partial charge in [0.25, 0.3) is 0 Å². The van der Waals surface area contributed by atoms with Crippen molar-refractivity contribution in [2.75, 3.05) is 0 Å². The molecule has 1 aliphatic rings. The highest BCUT2D eigenvalue weighted by Gasteiger charge is 2.30. The van der Waals surface area contributed by atoms with Crippen LogP contribution in [-0.2, 0) is 4.79 Å². The number of carbonyl (C=O) groups is 1. The molecular formula is C40H54O2. The Labute approximate surface area is 257 Å². The maximum absolute atomic E-state index is 12.1. The number of allylic oxidation sites excluding steroid dienone is 23. The van der Waals surface area contributed by atoms with Crippen molar-refractivity contribution in [1.82, 2.24) is 0 Å². The van der Waals surface area contributed by atoms with Crippen LogP contribution in [0.2, 0.25) is 0 Å². The molecule has 0 saturated heterocycles. The second-order valence-electron chi connectivity index (χ2n) is 12.6. The highest BCUT2D eigenvalue weighted by molar-refractivity contribution is 5.97. The molecule has 0 aromatic rings. The lowest BCUT2D eigenvalue weighted by Crippen LogP contribution is -2.24. The van der Waals surface area contributed by atoms with Crippen molar-refractivity contribution in [3.05, 3.63) is 142 Å². The number of aliphatic hydroxyl groups is 1. The van der Waals surface area contributed by atoms with Crippen LogP contribution in [0.4, 0.5) is 0 Å². The van der Waals surface area contributed by atoms with Crippen LogP contribution in [0.25, 0.3) is 0 Å². The van der Waals surface area contributed by atoms with Crippen LogP contribution in [0.3, 0.4) is 0 Å². The molecule has 0 aromatic heterocycles. The smallest absolute Gasteiger partial charge is 0.158 e. The standard InChI is InChI=1S/C40H54O2/c1-31(19-13-21-33(3)22-14-23-34(4)25-16-29-40(9,10)42)17-11-12-18-32(2)20-15-24-35(5)26-27-37-36(6)38(41)28-30-39(37,7)8/h11-27,42H,28-30H2,1-10H3/b12-11+,19-13+,20-15+,22-14+,25-16+,27-26+,31-17+,32-18+,33-21+,34-23+,35-24+. The molecule has 0 saturated carbocycles. The van der Waals surface area contributed by atoms with Crippen LogP contribution >= 0.6 is 0 Å². The van der Waals surface area contributed by atoms with Crippen LogP contribution in [0.15, 0.2) is 142 Å². The lowest BCUT2D eigenvalue weighted by Gasteiger charge is -2.32. The van der Waals surface area contributed by atoms with Crippen molar-refractivity contribution in [2.24, 2.45) is 5.41 Å². The van der Waals surface area contributed by atoms with E-state index in [-0.39, 0.29) is 11.2 Å². The van der Waals surface area contributed by atoms with Gasteiger partial charge in [-0.2, -0.15) is 0 Å². The summed E-state index contributed by atoms with van der Waals surface area (Å²) in [7, 11) is 0. The van der Waals surface area contributed by atoms with E-state index in [2.05, 4.69) is 134 Å². The minimum absolute atomic E-state index is 0.0425. The molecule has 0 heterocycles. The SMILES string of the molecule is CC1=C(/C=C/C(C)=C/C=C/C(C)=C/C=C/C=C(C)/C=C/C=C(C)/C=C/C=C(C)/C=C/CC(C)(C)O)C(C)(C)CCC1=O. The van der Waals surface area contributed by atoms with E-state index < -0.39 is 5.60 Å². The Morgan fingerprint density at radius 1 is 0.714 bits per heavy atom. The zero-order chi connectivity index (χ0) is 31.8. The third-order valence-electron chi connectivity index (χ3n) is 7.02. The minimum atomic E-state index is -0.668. The maximum atomic E-state index is 12.1. The van der Waals surface area contributed by atoms with Crippen molar-refractivity contribution in [3.8, 4) is 0 Å². The van der Waals surface area contributed by atoms with E-state index in [4.69, 9.17) is 0 Å². The zero-order valence-corrected chi connectivity index (χ0v) is 27.8. The van der Waals surface area contributed by atoms with Crippen molar-refractivity contribution in [3.63, 3.8) is 0 Å². The fraction of sp³-hybridized carbons (Fsp3) is 0.375. The quantitative estimate of drug-likeness (QED) is 0.225. The highest BCUT2D eigenvalue weighted by atomic mass is 16.3. The van der Waals surface area contributed by atoms with E-state index in [1.54, 1.807) is 0 Å². The zero-order valence-electron chi connectivity index (χ0n) is 27.8. The van der Waals surface area contributed by atoms with Gasteiger partial charge < -0.3 is 5.11 Å². The molecule has 0 atom stereocenters. The Morgan fingerprint density at radius 2 is 1.12 bits per heavy atom. The molecule has 1 aliphatic carbocycles. The Hall–Kier alpha value is -3.49. The van der Waals surface area contributed by atoms with Gasteiger partial charge >= 0.3 is 0 Å². The number of ketones is 1. The third kappa shape index (κ3) is 16.1. The molecular weight excluding hydrogens is 512 g/mol. The first kappa shape index (κ1) is 36.5. The van der Waals surface area contributed by atoms with Gasteiger partial charge in [0, 0.05) is 6.42 Å². The van der Waals surface area contributed by atoms with E-state index in [9.17, 15) is 9.90 Å². The van der Waals surface area contributed by atoms with Crippen LogP contribution < -0.4 is 0 Å². The van der Waals surface area contributed by atoms with Crippen molar-refractivity contribution < 1.29 is 9.90 Å². The average molecular weight is 567 g/mol. The predicted octanol–water partition coefficient (Wildman–Crippen LogP) is 10.9. The summed E-state index contributed by atoms with van der Waals surface area (Å²) < 4.78 is 0. The number of rotatable bonds is 13. The summed E-state index contributed by atoms with van der Waals surface area (Å²) in [6.07, 6.45) is 37.5. The molecule has 0 aliphatic heterocycles. The first-order valence-corrected chi connectivity index (χ1v) is 15.0. The second-order valence-corrected chi connectivity index (χ2v) is 12.6. The van der Waals surface area contributed by atoms with Crippen molar-refractivity contribution in [2.45, 2.75) is 94.1 Å². The molecule has 2 nitrogen and oxygen atoms in total. The van der Waals surface area contributed by atoms with E-state index in [0.29, 0.717) is 12.8 Å². The van der Waals surface area contributed by atoms with E-state index in [1.165, 1.54) is 16.7 Å². The number of carbonyl (C=O) groups excluding carboxylic acids is 1. The average Bonchev–Trinajstić information content (AvgIpc) is 2.88. The van der Waals surface area contributed by atoms with Crippen molar-refractivity contribution in [1.29, 1.82) is 0 Å². The van der Waals surface area contributed by atoms with Gasteiger partial charge in [0.2, 0.25) is 0 Å². The predicted molar refractivity (Wildman–Crippen MR) is 185 cm³/mol. The molecule has 0 unspecified atom stereocenters. The fourth-order valence-corrected chi connectivity index (χ4v) is 4.25. The first-order chi connectivity index (χ1) is 19.6. The number of Topliss-reactive ketones (excluding diaryl/α,β-unsaturated/α-hetero) is 1. The van der Waals surface area contributed by atoms with Gasteiger partial charge in [-0.05, 0) is 84.8 Å². The molecule has 0 bridgehead atoms. The Kier molecular flexibility index (Phi) is 15.8. The molecule has 0 amide bonds. The highest BCUT2D eigenvalue weighted by Crippen LogP contribution is 2.39. The number of hydrogen-bond donors (Lipinski definition) is 1. The van der Waals surface area contributed by atoms with Gasteiger partial charge in [-0.25, -0.2) is 0 Å². The van der Waals surface area contributed by atoms with Gasteiger partial charge in [0.1, 0.15) is 0 Å².